The van der Waals surface area contributed by atoms with E-state index >= 15 is 0 Å². The van der Waals surface area contributed by atoms with E-state index in [2.05, 4.69) is 21.2 Å². The van der Waals surface area contributed by atoms with Crippen molar-refractivity contribution in [2.24, 2.45) is 0 Å². The van der Waals surface area contributed by atoms with Crippen LogP contribution in [-0.2, 0) is 4.79 Å². The van der Waals surface area contributed by atoms with E-state index in [1.165, 1.54) is 11.8 Å². The van der Waals surface area contributed by atoms with E-state index in [1.807, 2.05) is 49.4 Å². The molecule has 20 heavy (non-hydrogen) atoms. The van der Waals surface area contributed by atoms with Crippen molar-refractivity contribution in [3.63, 3.8) is 0 Å². The fraction of sp³-hybridized carbons (Fsp3) is 0.133. The molecule has 104 valence electrons. The molecule has 0 atom stereocenters. The first-order chi connectivity index (χ1) is 9.54. The SMILES string of the molecule is Cc1cc(N)ccc1SCC(=O)Nc1ccc(Br)cc1. The van der Waals surface area contributed by atoms with Gasteiger partial charge in [-0.2, -0.15) is 0 Å². The third-order valence-corrected chi connectivity index (χ3v) is 4.39. The second-order valence-electron chi connectivity index (χ2n) is 4.37. The van der Waals surface area contributed by atoms with Gasteiger partial charge in [0, 0.05) is 20.7 Å². The van der Waals surface area contributed by atoms with Crippen molar-refractivity contribution in [1.29, 1.82) is 0 Å². The first-order valence-corrected chi connectivity index (χ1v) is 7.87. The molecule has 0 radical (unpaired) electrons. The van der Waals surface area contributed by atoms with Crippen molar-refractivity contribution in [2.45, 2.75) is 11.8 Å². The second kappa shape index (κ2) is 6.81. The highest BCUT2D eigenvalue weighted by Crippen LogP contribution is 2.24. The topological polar surface area (TPSA) is 55.1 Å². The fourth-order valence-electron chi connectivity index (χ4n) is 1.71. The molecule has 2 rings (SSSR count). The molecule has 1 amide bonds. The highest BCUT2D eigenvalue weighted by molar-refractivity contribution is 9.10. The summed E-state index contributed by atoms with van der Waals surface area (Å²) in [5.41, 5.74) is 8.34. The summed E-state index contributed by atoms with van der Waals surface area (Å²) in [5, 5.41) is 2.86. The van der Waals surface area contributed by atoms with Gasteiger partial charge in [0.25, 0.3) is 0 Å². The van der Waals surface area contributed by atoms with Gasteiger partial charge in [0.1, 0.15) is 0 Å². The molecule has 0 heterocycles. The Morgan fingerprint density at radius 1 is 1.25 bits per heavy atom. The van der Waals surface area contributed by atoms with Crippen molar-refractivity contribution >= 4 is 45.0 Å². The summed E-state index contributed by atoms with van der Waals surface area (Å²) in [6.45, 7) is 1.99. The van der Waals surface area contributed by atoms with Gasteiger partial charge in [-0.15, -0.1) is 11.8 Å². The van der Waals surface area contributed by atoms with Crippen molar-refractivity contribution in [2.75, 3.05) is 16.8 Å². The van der Waals surface area contributed by atoms with Gasteiger partial charge in [-0.25, -0.2) is 0 Å². The van der Waals surface area contributed by atoms with Gasteiger partial charge in [0.2, 0.25) is 5.91 Å². The van der Waals surface area contributed by atoms with E-state index < -0.39 is 0 Å². The Bertz CT molecular complexity index is 614. The van der Waals surface area contributed by atoms with Crippen LogP contribution >= 0.6 is 27.7 Å². The fourth-order valence-corrected chi connectivity index (χ4v) is 2.78. The normalized spacial score (nSPS) is 10.3. The van der Waals surface area contributed by atoms with Crippen LogP contribution in [0.15, 0.2) is 51.8 Å². The summed E-state index contributed by atoms with van der Waals surface area (Å²) in [7, 11) is 0. The Morgan fingerprint density at radius 3 is 2.60 bits per heavy atom. The number of nitrogens with two attached hydrogens (primary N) is 1. The van der Waals surface area contributed by atoms with Crippen LogP contribution in [0.1, 0.15) is 5.56 Å². The molecule has 3 N–H and O–H groups in total. The number of nitrogen functional groups attached to an aromatic ring is 1. The average molecular weight is 351 g/mol. The monoisotopic (exact) mass is 350 g/mol. The predicted molar refractivity (Wildman–Crippen MR) is 89.1 cm³/mol. The Balaban J connectivity index is 1.90. The number of hydrogen-bond donors (Lipinski definition) is 2. The summed E-state index contributed by atoms with van der Waals surface area (Å²) in [4.78, 5) is 13.0. The summed E-state index contributed by atoms with van der Waals surface area (Å²) >= 11 is 4.87. The van der Waals surface area contributed by atoms with Crippen molar-refractivity contribution in [1.82, 2.24) is 0 Å². The maximum absolute atomic E-state index is 11.9. The molecule has 0 fully saturated rings. The minimum absolute atomic E-state index is 0.0199. The van der Waals surface area contributed by atoms with Gasteiger partial charge in [-0.3, -0.25) is 4.79 Å². The first-order valence-electron chi connectivity index (χ1n) is 6.09. The van der Waals surface area contributed by atoms with Crippen molar-refractivity contribution in [3.05, 3.63) is 52.5 Å². The number of nitrogens with one attached hydrogen (secondary N) is 1. The number of benzene rings is 2. The smallest absolute Gasteiger partial charge is 0.234 e. The third kappa shape index (κ3) is 4.28. The van der Waals surface area contributed by atoms with Gasteiger partial charge in [-0.05, 0) is 55.0 Å². The van der Waals surface area contributed by atoms with Gasteiger partial charge >= 0.3 is 0 Å². The number of thioether (sulfide) groups is 1. The molecule has 3 nitrogen and oxygen atoms in total. The van der Waals surface area contributed by atoms with Crippen LogP contribution in [0.3, 0.4) is 0 Å². The van der Waals surface area contributed by atoms with E-state index in [-0.39, 0.29) is 5.91 Å². The Hall–Kier alpha value is -1.46. The molecule has 2 aromatic rings. The number of carbonyl (C=O) groups excluding carboxylic acids is 1. The largest absolute Gasteiger partial charge is 0.399 e. The van der Waals surface area contributed by atoms with Gasteiger partial charge in [0.05, 0.1) is 5.75 Å². The number of rotatable bonds is 4. The summed E-state index contributed by atoms with van der Waals surface area (Å²) in [6.07, 6.45) is 0. The number of carbonyl (C=O) groups is 1. The van der Waals surface area contributed by atoms with Crippen LogP contribution in [0.2, 0.25) is 0 Å². The molecular weight excluding hydrogens is 336 g/mol. The Kier molecular flexibility index (Phi) is 5.09. The number of anilines is 2. The lowest BCUT2D eigenvalue weighted by Crippen LogP contribution is -2.13. The van der Waals surface area contributed by atoms with E-state index in [0.29, 0.717) is 5.75 Å². The zero-order valence-electron chi connectivity index (χ0n) is 11.0. The van der Waals surface area contributed by atoms with Crippen LogP contribution in [0.25, 0.3) is 0 Å². The summed E-state index contributed by atoms with van der Waals surface area (Å²) in [5.74, 6) is 0.356. The van der Waals surface area contributed by atoms with E-state index in [1.54, 1.807) is 0 Å². The number of amides is 1. The highest BCUT2D eigenvalue weighted by Gasteiger charge is 2.05. The molecule has 0 aliphatic carbocycles. The van der Waals surface area contributed by atoms with Crippen LogP contribution in [0.4, 0.5) is 11.4 Å². The molecule has 0 spiro atoms. The molecule has 2 aromatic carbocycles. The maximum Gasteiger partial charge on any atom is 0.234 e. The van der Waals surface area contributed by atoms with E-state index in [4.69, 9.17) is 5.73 Å². The molecule has 0 aliphatic heterocycles. The van der Waals surface area contributed by atoms with Gasteiger partial charge in [0.15, 0.2) is 0 Å². The number of halogens is 1. The van der Waals surface area contributed by atoms with Crippen LogP contribution < -0.4 is 11.1 Å². The molecule has 0 bridgehead atoms. The number of hydrogen-bond acceptors (Lipinski definition) is 3. The molecule has 0 unspecified atom stereocenters. The zero-order valence-corrected chi connectivity index (χ0v) is 13.4. The van der Waals surface area contributed by atoms with E-state index in [9.17, 15) is 4.79 Å². The quantitative estimate of drug-likeness (QED) is 0.645. The molecule has 0 saturated heterocycles. The minimum Gasteiger partial charge on any atom is -0.399 e. The molecule has 0 saturated carbocycles. The lowest BCUT2D eigenvalue weighted by Gasteiger charge is -2.07. The van der Waals surface area contributed by atoms with Crippen LogP contribution in [0, 0.1) is 6.92 Å². The standard InChI is InChI=1S/C15H15BrN2OS/c1-10-8-12(17)4-7-14(10)20-9-15(19)18-13-5-2-11(16)3-6-13/h2-8H,9,17H2,1H3,(H,18,19). The molecule has 0 aromatic heterocycles. The number of aryl methyl sites for hydroxylation is 1. The Morgan fingerprint density at radius 2 is 1.95 bits per heavy atom. The molecule has 5 heteroatoms. The second-order valence-corrected chi connectivity index (χ2v) is 6.30. The van der Waals surface area contributed by atoms with Crippen molar-refractivity contribution < 1.29 is 4.79 Å². The average Bonchev–Trinajstić information content (AvgIpc) is 2.40. The molecular formula is C15H15BrN2OS. The van der Waals surface area contributed by atoms with Crippen LogP contribution in [0.5, 0.6) is 0 Å². The predicted octanol–water partition coefficient (Wildman–Crippen LogP) is 4.07. The minimum atomic E-state index is -0.0199. The maximum atomic E-state index is 11.9. The first kappa shape index (κ1) is 14.9. The highest BCUT2D eigenvalue weighted by atomic mass is 79.9. The third-order valence-electron chi connectivity index (χ3n) is 2.69. The Labute approximate surface area is 131 Å². The lowest BCUT2D eigenvalue weighted by atomic mass is 10.2. The van der Waals surface area contributed by atoms with Gasteiger partial charge < -0.3 is 11.1 Å². The van der Waals surface area contributed by atoms with Crippen molar-refractivity contribution in [3.8, 4) is 0 Å². The van der Waals surface area contributed by atoms with E-state index in [0.717, 1.165) is 26.3 Å². The summed E-state index contributed by atoms with van der Waals surface area (Å²) in [6, 6.07) is 13.2. The summed E-state index contributed by atoms with van der Waals surface area (Å²) < 4.78 is 0.988. The van der Waals surface area contributed by atoms with Gasteiger partial charge in [-0.1, -0.05) is 15.9 Å². The van der Waals surface area contributed by atoms with Crippen LogP contribution in [-0.4, -0.2) is 11.7 Å². The molecule has 0 aliphatic rings. The zero-order chi connectivity index (χ0) is 14.5. The lowest BCUT2D eigenvalue weighted by molar-refractivity contribution is -0.113.